The van der Waals surface area contributed by atoms with Crippen molar-refractivity contribution in [2.24, 2.45) is 10.2 Å². The van der Waals surface area contributed by atoms with E-state index in [0.29, 0.717) is 12.0 Å². The normalized spacial score (nSPS) is 14.2. The number of phenols is 2. The van der Waals surface area contributed by atoms with Crippen molar-refractivity contribution >= 4 is 22.8 Å². The highest BCUT2D eigenvalue weighted by molar-refractivity contribution is 5.89. The Morgan fingerprint density at radius 1 is 1.23 bits per heavy atom. The van der Waals surface area contributed by atoms with E-state index in [2.05, 4.69) is 21.5 Å². The van der Waals surface area contributed by atoms with E-state index in [9.17, 15) is 24.6 Å². The van der Waals surface area contributed by atoms with Gasteiger partial charge in [0, 0.05) is 31.4 Å². The Kier molecular flexibility index (Phi) is 6.25. The summed E-state index contributed by atoms with van der Waals surface area (Å²) in [6.45, 7) is 1.80. The summed E-state index contributed by atoms with van der Waals surface area (Å²) in [5, 5.41) is 29.7. The number of amides is 1. The van der Waals surface area contributed by atoms with Crippen LogP contribution in [0.25, 0.3) is 22.1 Å². The molecule has 0 spiro atoms. The molecule has 1 amide bonds. The predicted octanol–water partition coefficient (Wildman–Crippen LogP) is 3.88. The fourth-order valence-electron chi connectivity index (χ4n) is 3.48. The van der Waals surface area contributed by atoms with Crippen LogP contribution in [-0.4, -0.2) is 33.8 Å². The lowest BCUT2D eigenvalue weighted by Gasteiger charge is -2.16. The molecule has 3 N–H and O–H groups in total. The molecule has 4 rings (SSSR count). The minimum Gasteiger partial charge on any atom is -0.508 e. The second-order valence-electron chi connectivity index (χ2n) is 8.22. The third-order valence-corrected chi connectivity index (χ3v) is 5.51. The number of carbonyl (C=O) groups excluding carboxylic acids is 2. The molecule has 178 valence electrons. The van der Waals surface area contributed by atoms with E-state index >= 15 is 0 Å². The van der Waals surface area contributed by atoms with E-state index in [1.165, 1.54) is 36.6 Å². The molecule has 0 fully saturated rings. The van der Waals surface area contributed by atoms with Crippen LogP contribution in [0.1, 0.15) is 26.2 Å². The molecule has 0 saturated heterocycles. The van der Waals surface area contributed by atoms with Crippen LogP contribution in [0.2, 0.25) is 0 Å². The quantitative estimate of drug-likeness (QED) is 0.418. The molecule has 1 aliphatic heterocycles. The van der Waals surface area contributed by atoms with Gasteiger partial charge in [-0.25, -0.2) is 4.79 Å². The number of ether oxygens (including phenoxy) is 1. The zero-order valence-corrected chi connectivity index (χ0v) is 18.6. The number of rotatable bonds is 8. The average Bonchev–Trinajstić information content (AvgIpc) is 3.55. The molecule has 0 saturated carbocycles. The highest BCUT2D eigenvalue weighted by Crippen LogP contribution is 2.32. The molecule has 10 heteroatoms. The van der Waals surface area contributed by atoms with Crippen molar-refractivity contribution in [2.75, 3.05) is 0 Å². The van der Waals surface area contributed by atoms with Gasteiger partial charge in [0.05, 0.1) is 5.56 Å². The van der Waals surface area contributed by atoms with Gasteiger partial charge >= 0.3 is 6.09 Å². The third kappa shape index (κ3) is 5.30. The Labute approximate surface area is 199 Å². The molecule has 2 aromatic carbocycles. The minimum absolute atomic E-state index is 0.0141. The number of hydrogen-bond acceptors (Lipinski definition) is 9. The predicted molar refractivity (Wildman–Crippen MR) is 125 cm³/mol. The lowest BCUT2D eigenvalue weighted by atomic mass is 10.0. The maximum absolute atomic E-state index is 12.8. The minimum atomic E-state index is -0.900. The number of benzene rings is 2. The van der Waals surface area contributed by atoms with Crippen molar-refractivity contribution < 1.29 is 29.0 Å². The van der Waals surface area contributed by atoms with Gasteiger partial charge in [-0.3, -0.25) is 9.59 Å². The Bertz CT molecular complexity index is 1430. The smallest absolute Gasteiger partial charge is 0.413 e. The summed E-state index contributed by atoms with van der Waals surface area (Å²) in [4.78, 5) is 37.6. The summed E-state index contributed by atoms with van der Waals surface area (Å²) in [5.41, 5.74) is -0.366. The van der Waals surface area contributed by atoms with E-state index in [1.54, 1.807) is 6.92 Å². The first kappa shape index (κ1) is 23.5. The molecule has 1 atom stereocenters. The van der Waals surface area contributed by atoms with Crippen molar-refractivity contribution in [3.05, 3.63) is 52.9 Å². The molecule has 1 unspecified atom stereocenters. The molecule has 3 aromatic rings. The Hall–Kier alpha value is -4.65. The summed E-state index contributed by atoms with van der Waals surface area (Å²) in [6, 6.07) is 7.37. The Balaban J connectivity index is 1.43. The molecule has 10 nitrogen and oxygen atoms in total. The van der Waals surface area contributed by atoms with Crippen LogP contribution in [0.4, 0.5) is 4.79 Å². The third-order valence-electron chi connectivity index (χ3n) is 5.51. The van der Waals surface area contributed by atoms with Gasteiger partial charge in [-0.15, -0.1) is 12.3 Å². The van der Waals surface area contributed by atoms with E-state index in [1.807, 2.05) is 0 Å². The fraction of sp³-hybridized carbons (Fsp3) is 0.240. The van der Waals surface area contributed by atoms with Crippen LogP contribution >= 0.6 is 0 Å². The molecular formula is C25H21N3O7. The maximum Gasteiger partial charge on any atom is 0.413 e. The van der Waals surface area contributed by atoms with Crippen molar-refractivity contribution in [1.82, 2.24) is 5.32 Å². The zero-order chi connectivity index (χ0) is 25.2. The molecule has 1 aliphatic rings. The monoisotopic (exact) mass is 475 g/mol. The summed E-state index contributed by atoms with van der Waals surface area (Å²) < 4.78 is 10.6. The van der Waals surface area contributed by atoms with Crippen LogP contribution in [0.5, 0.6) is 17.2 Å². The number of phenolic OH excluding ortho intramolecular Hbond substituents is 2. The van der Waals surface area contributed by atoms with E-state index in [0.717, 1.165) is 6.07 Å². The van der Waals surface area contributed by atoms with Crippen LogP contribution in [0, 0.1) is 12.3 Å². The number of Topliss-reactive ketones (excluding diaryl/α,β-unsaturated/α-hetero) is 1. The van der Waals surface area contributed by atoms with Crippen LogP contribution in [-0.2, 0) is 4.79 Å². The van der Waals surface area contributed by atoms with Crippen LogP contribution < -0.4 is 15.5 Å². The van der Waals surface area contributed by atoms with E-state index in [4.69, 9.17) is 15.6 Å². The largest absolute Gasteiger partial charge is 0.508 e. The second-order valence-corrected chi connectivity index (χ2v) is 8.22. The number of hydrogen-bond donors (Lipinski definition) is 3. The molecule has 0 aliphatic carbocycles. The number of nitrogens with zero attached hydrogens (tertiary/aromatic N) is 2. The first-order chi connectivity index (χ1) is 16.7. The highest BCUT2D eigenvalue weighted by Gasteiger charge is 2.35. The summed E-state index contributed by atoms with van der Waals surface area (Å²) in [6.07, 6.45) is 6.30. The van der Waals surface area contributed by atoms with Gasteiger partial charge in [-0.1, -0.05) is 12.1 Å². The first-order valence-corrected chi connectivity index (χ1v) is 10.7. The van der Waals surface area contributed by atoms with Gasteiger partial charge in [0.2, 0.25) is 5.43 Å². The lowest BCUT2D eigenvalue weighted by molar-refractivity contribution is -0.121. The van der Waals surface area contributed by atoms with Gasteiger partial charge in [-0.05, 0) is 24.6 Å². The molecule has 2 heterocycles. The highest BCUT2D eigenvalue weighted by atomic mass is 16.6. The summed E-state index contributed by atoms with van der Waals surface area (Å²) in [7, 11) is 0. The SMILES string of the molecule is C#CCC(NC(=O)Oc1ccc(-c2coc3cc(O)cc(O)c3c2=O)cc1)C(=O)CCC1(C)N=N1. The van der Waals surface area contributed by atoms with Crippen LogP contribution in [0.3, 0.4) is 0 Å². The standard InChI is InChI=1S/C25H21N3O7/c1-3-4-18(19(30)9-10-25(2)27-28-25)26-24(33)35-16-7-5-14(6-8-16)17-13-34-21-12-15(29)11-20(31)22(21)23(17)32/h1,5-8,11-13,18,29,31H,4,9-10H2,2H3,(H,26,33). The zero-order valence-electron chi connectivity index (χ0n) is 18.6. The number of fused-ring (bicyclic) bond motifs is 1. The first-order valence-electron chi connectivity index (χ1n) is 10.7. The number of terminal acetylenes is 1. The topological polar surface area (TPSA) is 151 Å². The molecule has 35 heavy (non-hydrogen) atoms. The van der Waals surface area contributed by atoms with Crippen molar-refractivity contribution in [3.8, 4) is 40.7 Å². The average molecular weight is 475 g/mol. The van der Waals surface area contributed by atoms with Gasteiger partial charge < -0.3 is 24.7 Å². The maximum atomic E-state index is 12.8. The van der Waals surface area contributed by atoms with Gasteiger partial charge in [0.15, 0.2) is 11.4 Å². The summed E-state index contributed by atoms with van der Waals surface area (Å²) >= 11 is 0. The lowest BCUT2D eigenvalue weighted by Crippen LogP contribution is -2.42. The van der Waals surface area contributed by atoms with E-state index in [-0.39, 0.29) is 46.7 Å². The molecule has 0 bridgehead atoms. The molecular weight excluding hydrogens is 454 g/mol. The number of aromatic hydroxyl groups is 2. The van der Waals surface area contributed by atoms with E-state index < -0.39 is 29.0 Å². The van der Waals surface area contributed by atoms with Gasteiger partial charge in [-0.2, -0.15) is 10.2 Å². The molecule has 1 aromatic heterocycles. The summed E-state index contributed by atoms with van der Waals surface area (Å²) in [5.74, 6) is 1.66. The molecule has 0 radical (unpaired) electrons. The van der Waals surface area contributed by atoms with Crippen LogP contribution in [0.15, 0.2) is 62.1 Å². The number of ketones is 1. The number of carbonyl (C=O) groups is 2. The van der Waals surface area contributed by atoms with Gasteiger partial charge in [0.1, 0.15) is 40.5 Å². The number of nitrogens with one attached hydrogen (secondary N) is 1. The van der Waals surface area contributed by atoms with Crippen molar-refractivity contribution in [3.63, 3.8) is 0 Å². The Morgan fingerprint density at radius 2 is 1.94 bits per heavy atom. The van der Waals surface area contributed by atoms with Crippen molar-refractivity contribution in [2.45, 2.75) is 37.9 Å². The Morgan fingerprint density at radius 3 is 2.60 bits per heavy atom. The second kappa shape index (κ2) is 9.30. The fourth-order valence-corrected chi connectivity index (χ4v) is 3.48. The van der Waals surface area contributed by atoms with Crippen molar-refractivity contribution in [1.29, 1.82) is 0 Å². The van der Waals surface area contributed by atoms with Gasteiger partial charge in [0.25, 0.3) is 0 Å².